The molecule has 0 unspecified atom stereocenters. The van der Waals surface area contributed by atoms with Crippen LogP contribution in [0, 0.1) is 6.92 Å². The summed E-state index contributed by atoms with van der Waals surface area (Å²) < 4.78 is 1.99. The van der Waals surface area contributed by atoms with Crippen molar-refractivity contribution in [1.29, 1.82) is 0 Å². The molecule has 0 aliphatic carbocycles. The van der Waals surface area contributed by atoms with E-state index in [9.17, 15) is 0 Å². The van der Waals surface area contributed by atoms with E-state index < -0.39 is 0 Å². The molecule has 0 radical (unpaired) electrons. The van der Waals surface area contributed by atoms with Crippen molar-refractivity contribution in [1.82, 2.24) is 30.3 Å². The average Bonchev–Trinajstić information content (AvgIpc) is 2.95. The Labute approximate surface area is 156 Å². The summed E-state index contributed by atoms with van der Waals surface area (Å²) in [5.74, 6) is 3.84. The third-order valence-electron chi connectivity index (χ3n) is 4.55. The highest BCUT2D eigenvalue weighted by Gasteiger charge is 2.10. The first-order valence-corrected chi connectivity index (χ1v) is 10.7. The molecule has 1 aromatic heterocycles. The number of nitrogens with one attached hydrogen (secondary N) is 2. The highest BCUT2D eigenvalue weighted by Crippen LogP contribution is 2.07. The van der Waals surface area contributed by atoms with Gasteiger partial charge < -0.3 is 20.1 Å². The normalized spacial score (nSPS) is 16.2. The molecule has 2 heterocycles. The van der Waals surface area contributed by atoms with Crippen LogP contribution in [0.5, 0.6) is 0 Å². The zero-order valence-electron chi connectivity index (χ0n) is 15.9. The molecule has 7 nitrogen and oxygen atoms in total. The third kappa shape index (κ3) is 7.23. The second-order valence-electron chi connectivity index (χ2n) is 6.49. The molecule has 1 aliphatic heterocycles. The van der Waals surface area contributed by atoms with Crippen LogP contribution in [-0.2, 0) is 13.6 Å². The molecular formula is C17H33N7S. The predicted octanol–water partition coefficient (Wildman–Crippen LogP) is 1.40. The predicted molar refractivity (Wildman–Crippen MR) is 106 cm³/mol. The second kappa shape index (κ2) is 11.4. The fraction of sp³-hybridized carbons (Fsp3) is 0.824. The maximum atomic E-state index is 4.69. The second-order valence-corrected chi connectivity index (χ2v) is 7.48. The molecule has 1 aliphatic rings. The van der Waals surface area contributed by atoms with Crippen molar-refractivity contribution in [2.75, 3.05) is 44.7 Å². The Morgan fingerprint density at radius 1 is 1.16 bits per heavy atom. The molecular weight excluding hydrogens is 334 g/mol. The van der Waals surface area contributed by atoms with Crippen LogP contribution in [0.25, 0.3) is 0 Å². The monoisotopic (exact) mass is 367 g/mol. The van der Waals surface area contributed by atoms with E-state index in [-0.39, 0.29) is 0 Å². The van der Waals surface area contributed by atoms with Gasteiger partial charge in [-0.1, -0.05) is 6.42 Å². The zero-order valence-corrected chi connectivity index (χ0v) is 16.7. The smallest absolute Gasteiger partial charge is 0.191 e. The molecule has 1 aromatic rings. The van der Waals surface area contributed by atoms with Gasteiger partial charge in [-0.15, -0.1) is 10.2 Å². The first-order valence-electron chi connectivity index (χ1n) is 9.29. The summed E-state index contributed by atoms with van der Waals surface area (Å²) in [6.45, 7) is 7.90. The molecule has 1 fully saturated rings. The number of hydrogen-bond acceptors (Lipinski definition) is 5. The van der Waals surface area contributed by atoms with Gasteiger partial charge in [0.25, 0.3) is 0 Å². The van der Waals surface area contributed by atoms with Crippen molar-refractivity contribution >= 4 is 17.7 Å². The minimum absolute atomic E-state index is 0.541. The average molecular weight is 368 g/mol. The SMILES string of the molecule is CSCCCNC(=NCc1nnc(C)n1C)NCCN1CCCCC1. The Morgan fingerprint density at radius 2 is 1.92 bits per heavy atom. The summed E-state index contributed by atoms with van der Waals surface area (Å²) >= 11 is 1.88. The van der Waals surface area contributed by atoms with Gasteiger partial charge in [0, 0.05) is 26.7 Å². The van der Waals surface area contributed by atoms with E-state index in [0.29, 0.717) is 6.54 Å². The van der Waals surface area contributed by atoms with Crippen LogP contribution in [0.3, 0.4) is 0 Å². The lowest BCUT2D eigenvalue weighted by Crippen LogP contribution is -2.43. The zero-order chi connectivity index (χ0) is 17.9. The lowest BCUT2D eigenvalue weighted by Gasteiger charge is -2.26. The van der Waals surface area contributed by atoms with Gasteiger partial charge in [0.05, 0.1) is 0 Å². The van der Waals surface area contributed by atoms with Gasteiger partial charge in [0.1, 0.15) is 12.4 Å². The summed E-state index contributed by atoms with van der Waals surface area (Å²) in [5.41, 5.74) is 0. The Bertz CT molecular complexity index is 523. The van der Waals surface area contributed by atoms with Gasteiger partial charge >= 0.3 is 0 Å². The maximum absolute atomic E-state index is 4.69. The number of thioether (sulfide) groups is 1. The lowest BCUT2D eigenvalue weighted by molar-refractivity contribution is 0.232. The Balaban J connectivity index is 1.82. The van der Waals surface area contributed by atoms with Crippen molar-refractivity contribution < 1.29 is 0 Å². The number of piperidine rings is 1. The molecule has 0 bridgehead atoms. The standard InChI is InChI=1S/C17H33N7S/c1-15-21-22-16(23(15)2)14-20-17(18-8-7-13-25-3)19-9-12-24-10-5-4-6-11-24/h4-14H2,1-3H3,(H2,18,19,20). The molecule has 8 heteroatoms. The van der Waals surface area contributed by atoms with E-state index in [4.69, 9.17) is 4.99 Å². The van der Waals surface area contributed by atoms with E-state index in [2.05, 4.69) is 32.0 Å². The largest absolute Gasteiger partial charge is 0.356 e. The van der Waals surface area contributed by atoms with E-state index >= 15 is 0 Å². The fourth-order valence-corrected chi connectivity index (χ4v) is 3.28. The topological polar surface area (TPSA) is 70.4 Å². The van der Waals surface area contributed by atoms with Crippen LogP contribution in [0.4, 0.5) is 0 Å². The molecule has 1 saturated heterocycles. The highest BCUT2D eigenvalue weighted by atomic mass is 32.2. The van der Waals surface area contributed by atoms with Crippen LogP contribution in [0.1, 0.15) is 37.3 Å². The van der Waals surface area contributed by atoms with Crippen LogP contribution < -0.4 is 10.6 Å². The van der Waals surface area contributed by atoms with Gasteiger partial charge in [0.2, 0.25) is 0 Å². The quantitative estimate of drug-likeness (QED) is 0.391. The molecule has 0 atom stereocenters. The molecule has 2 N–H and O–H groups in total. The number of nitrogens with zero attached hydrogens (tertiary/aromatic N) is 5. The Morgan fingerprint density at radius 3 is 2.60 bits per heavy atom. The highest BCUT2D eigenvalue weighted by molar-refractivity contribution is 7.98. The molecule has 0 saturated carbocycles. The van der Waals surface area contributed by atoms with Gasteiger partial charge in [0.15, 0.2) is 11.8 Å². The van der Waals surface area contributed by atoms with E-state index in [0.717, 1.165) is 49.4 Å². The number of guanidine groups is 1. The summed E-state index contributed by atoms with van der Waals surface area (Å²) in [7, 11) is 1.98. The van der Waals surface area contributed by atoms with Gasteiger partial charge in [-0.25, -0.2) is 4.99 Å². The third-order valence-corrected chi connectivity index (χ3v) is 5.25. The fourth-order valence-electron chi connectivity index (χ4n) is 2.85. The van der Waals surface area contributed by atoms with Crippen molar-refractivity contribution in [3.05, 3.63) is 11.6 Å². The molecule has 142 valence electrons. The van der Waals surface area contributed by atoms with Crippen LogP contribution in [0.2, 0.25) is 0 Å². The van der Waals surface area contributed by atoms with E-state index in [1.807, 2.05) is 30.3 Å². The molecule has 0 aromatic carbocycles. The van der Waals surface area contributed by atoms with Crippen molar-refractivity contribution in [2.24, 2.45) is 12.0 Å². The van der Waals surface area contributed by atoms with E-state index in [1.54, 1.807) is 0 Å². The summed E-state index contributed by atoms with van der Waals surface area (Å²) in [5, 5.41) is 15.2. The number of aromatic nitrogens is 3. The molecule has 25 heavy (non-hydrogen) atoms. The molecule has 0 amide bonds. The number of aliphatic imine (C=N–C) groups is 1. The molecule has 0 spiro atoms. The van der Waals surface area contributed by atoms with Gasteiger partial charge in [-0.3, -0.25) is 0 Å². The lowest BCUT2D eigenvalue weighted by atomic mass is 10.1. The van der Waals surface area contributed by atoms with Gasteiger partial charge in [-0.05, 0) is 51.3 Å². The van der Waals surface area contributed by atoms with Crippen molar-refractivity contribution in [2.45, 2.75) is 39.2 Å². The van der Waals surface area contributed by atoms with Crippen LogP contribution in [-0.4, -0.2) is 70.4 Å². The van der Waals surface area contributed by atoms with Crippen molar-refractivity contribution in [3.8, 4) is 0 Å². The van der Waals surface area contributed by atoms with Gasteiger partial charge in [-0.2, -0.15) is 11.8 Å². The number of rotatable bonds is 9. The minimum Gasteiger partial charge on any atom is -0.356 e. The van der Waals surface area contributed by atoms with Crippen molar-refractivity contribution in [3.63, 3.8) is 0 Å². The number of aryl methyl sites for hydroxylation is 1. The Hall–Kier alpha value is -1.28. The first kappa shape index (κ1) is 20.0. The van der Waals surface area contributed by atoms with Crippen LogP contribution in [0.15, 0.2) is 4.99 Å². The summed E-state index contributed by atoms with van der Waals surface area (Å²) in [4.78, 5) is 7.23. The van der Waals surface area contributed by atoms with Crippen LogP contribution >= 0.6 is 11.8 Å². The van der Waals surface area contributed by atoms with E-state index in [1.165, 1.54) is 32.4 Å². The minimum atomic E-state index is 0.541. The summed E-state index contributed by atoms with van der Waals surface area (Å²) in [6.07, 6.45) is 7.32. The Kier molecular flexibility index (Phi) is 9.10. The summed E-state index contributed by atoms with van der Waals surface area (Å²) in [6, 6.07) is 0. The maximum Gasteiger partial charge on any atom is 0.191 e. The number of likely N-dealkylation sites (tertiary alicyclic amines) is 1. The first-order chi connectivity index (χ1) is 12.2. The molecule has 2 rings (SSSR count). The number of hydrogen-bond donors (Lipinski definition) is 2.